The topological polar surface area (TPSA) is 71.3 Å². The summed E-state index contributed by atoms with van der Waals surface area (Å²) in [5.41, 5.74) is 0. The van der Waals surface area contributed by atoms with Crippen molar-refractivity contribution in [2.24, 2.45) is 0 Å². The van der Waals surface area contributed by atoms with E-state index in [0.717, 1.165) is 0 Å². The zero-order chi connectivity index (χ0) is 12.1. The molecule has 0 aliphatic rings. The predicted octanol–water partition coefficient (Wildman–Crippen LogP) is 0.922. The van der Waals surface area contributed by atoms with Gasteiger partial charge in [0, 0.05) is 6.04 Å². The number of amides is 2. The quantitative estimate of drug-likeness (QED) is 0.799. The molecule has 88 valence electrons. The van der Waals surface area contributed by atoms with Gasteiger partial charge < -0.3 is 15.1 Å². The summed E-state index contributed by atoms with van der Waals surface area (Å²) in [5, 5.41) is 5.25. The first-order valence-corrected chi connectivity index (χ1v) is 5.15. The highest BCUT2D eigenvalue weighted by atomic mass is 16.3. The van der Waals surface area contributed by atoms with Gasteiger partial charge in [-0.3, -0.25) is 9.59 Å². The number of rotatable bonds is 4. The zero-order valence-corrected chi connectivity index (χ0v) is 9.61. The van der Waals surface area contributed by atoms with Gasteiger partial charge in [-0.2, -0.15) is 0 Å². The molecular weight excluding hydrogens is 208 g/mol. The van der Waals surface area contributed by atoms with Gasteiger partial charge in [0.25, 0.3) is 5.91 Å². The second-order valence-electron chi connectivity index (χ2n) is 3.84. The molecular formula is C11H16N2O3. The second-order valence-corrected chi connectivity index (χ2v) is 3.84. The van der Waals surface area contributed by atoms with Gasteiger partial charge in [-0.15, -0.1) is 0 Å². The van der Waals surface area contributed by atoms with Crippen molar-refractivity contribution in [3.63, 3.8) is 0 Å². The lowest BCUT2D eigenvalue weighted by atomic mass is 10.2. The lowest BCUT2D eigenvalue weighted by Crippen LogP contribution is -2.46. The summed E-state index contributed by atoms with van der Waals surface area (Å²) >= 11 is 0. The van der Waals surface area contributed by atoms with Crippen LogP contribution in [0.4, 0.5) is 0 Å². The molecule has 2 N–H and O–H groups in total. The number of carbonyl (C=O) groups excluding carboxylic acids is 2. The van der Waals surface area contributed by atoms with Crippen molar-refractivity contribution in [2.45, 2.75) is 32.9 Å². The first kappa shape index (κ1) is 12.3. The highest BCUT2D eigenvalue weighted by Gasteiger charge is 2.18. The Morgan fingerprint density at radius 2 is 1.94 bits per heavy atom. The molecule has 1 atom stereocenters. The average Bonchev–Trinajstić information content (AvgIpc) is 2.68. The maximum atomic E-state index is 11.5. The van der Waals surface area contributed by atoms with Gasteiger partial charge in [-0.05, 0) is 32.9 Å². The molecule has 0 saturated heterocycles. The van der Waals surface area contributed by atoms with E-state index in [-0.39, 0.29) is 17.7 Å². The molecule has 0 fully saturated rings. The Hall–Kier alpha value is -1.78. The van der Waals surface area contributed by atoms with Crippen LogP contribution in [0.15, 0.2) is 22.8 Å². The van der Waals surface area contributed by atoms with Crippen LogP contribution in [-0.2, 0) is 4.79 Å². The van der Waals surface area contributed by atoms with Crippen LogP contribution in [0, 0.1) is 0 Å². The molecule has 5 heteroatoms. The number of carbonyl (C=O) groups is 2. The Kier molecular flexibility index (Phi) is 4.10. The lowest BCUT2D eigenvalue weighted by molar-refractivity contribution is -0.123. The van der Waals surface area contributed by atoms with E-state index in [0.29, 0.717) is 0 Å². The number of hydrogen-bond donors (Lipinski definition) is 2. The Labute approximate surface area is 94.2 Å². The molecule has 0 aliphatic heterocycles. The van der Waals surface area contributed by atoms with Gasteiger partial charge in [0.05, 0.1) is 6.26 Å². The number of furan rings is 1. The maximum absolute atomic E-state index is 11.5. The van der Waals surface area contributed by atoms with E-state index in [1.54, 1.807) is 19.1 Å². The van der Waals surface area contributed by atoms with Crippen molar-refractivity contribution in [2.75, 3.05) is 0 Å². The third-order valence-electron chi connectivity index (χ3n) is 1.92. The SMILES string of the molecule is CC(C)NC(=O)C(C)NC(=O)c1ccco1. The van der Waals surface area contributed by atoms with Gasteiger partial charge in [0.2, 0.25) is 5.91 Å². The summed E-state index contributed by atoms with van der Waals surface area (Å²) < 4.78 is 4.91. The average molecular weight is 224 g/mol. The fourth-order valence-corrected chi connectivity index (χ4v) is 1.15. The Morgan fingerprint density at radius 1 is 1.25 bits per heavy atom. The Bertz CT molecular complexity index is 357. The van der Waals surface area contributed by atoms with Crippen molar-refractivity contribution >= 4 is 11.8 Å². The molecule has 1 aromatic rings. The van der Waals surface area contributed by atoms with E-state index in [9.17, 15) is 9.59 Å². The van der Waals surface area contributed by atoms with Gasteiger partial charge in [-0.1, -0.05) is 0 Å². The van der Waals surface area contributed by atoms with Gasteiger partial charge in [-0.25, -0.2) is 0 Å². The first-order chi connectivity index (χ1) is 7.50. The summed E-state index contributed by atoms with van der Waals surface area (Å²) in [6.45, 7) is 5.34. The van der Waals surface area contributed by atoms with Crippen LogP contribution in [-0.4, -0.2) is 23.9 Å². The third-order valence-corrected chi connectivity index (χ3v) is 1.92. The monoisotopic (exact) mass is 224 g/mol. The minimum atomic E-state index is -0.583. The van der Waals surface area contributed by atoms with E-state index < -0.39 is 11.9 Å². The summed E-state index contributed by atoms with van der Waals surface area (Å²) in [6, 6.07) is 2.63. The molecule has 0 aromatic carbocycles. The van der Waals surface area contributed by atoms with Crippen LogP contribution < -0.4 is 10.6 Å². The lowest BCUT2D eigenvalue weighted by Gasteiger charge is -2.15. The molecule has 0 aliphatic carbocycles. The largest absolute Gasteiger partial charge is 0.459 e. The smallest absolute Gasteiger partial charge is 0.287 e. The molecule has 2 amide bonds. The van der Waals surface area contributed by atoms with E-state index in [2.05, 4.69) is 10.6 Å². The standard InChI is InChI=1S/C11H16N2O3/c1-7(2)12-10(14)8(3)13-11(15)9-5-4-6-16-9/h4-8H,1-3H3,(H,12,14)(H,13,15). The van der Waals surface area contributed by atoms with Gasteiger partial charge in [0.15, 0.2) is 5.76 Å². The van der Waals surface area contributed by atoms with Crippen molar-refractivity contribution in [1.29, 1.82) is 0 Å². The summed E-state index contributed by atoms with van der Waals surface area (Å²) in [6.07, 6.45) is 1.41. The third kappa shape index (κ3) is 3.42. The van der Waals surface area contributed by atoms with Gasteiger partial charge in [0.1, 0.15) is 6.04 Å². The molecule has 0 saturated carbocycles. The van der Waals surface area contributed by atoms with Crippen molar-refractivity contribution in [1.82, 2.24) is 10.6 Å². The minimum Gasteiger partial charge on any atom is -0.459 e. The first-order valence-electron chi connectivity index (χ1n) is 5.15. The summed E-state index contributed by atoms with van der Waals surface area (Å²) in [7, 11) is 0. The molecule has 1 rings (SSSR count). The molecule has 1 heterocycles. The molecule has 0 radical (unpaired) electrons. The van der Waals surface area contributed by atoms with Crippen LogP contribution in [0.5, 0.6) is 0 Å². The maximum Gasteiger partial charge on any atom is 0.287 e. The van der Waals surface area contributed by atoms with Crippen molar-refractivity contribution in [3.05, 3.63) is 24.2 Å². The Morgan fingerprint density at radius 3 is 2.44 bits per heavy atom. The molecule has 0 spiro atoms. The minimum absolute atomic E-state index is 0.0514. The highest BCUT2D eigenvalue weighted by Crippen LogP contribution is 2.00. The zero-order valence-electron chi connectivity index (χ0n) is 9.61. The summed E-state index contributed by atoms with van der Waals surface area (Å²) in [5.74, 6) is -0.407. The van der Waals surface area contributed by atoms with E-state index >= 15 is 0 Å². The molecule has 5 nitrogen and oxygen atoms in total. The molecule has 1 aromatic heterocycles. The van der Waals surface area contributed by atoms with Crippen LogP contribution in [0.25, 0.3) is 0 Å². The number of hydrogen-bond acceptors (Lipinski definition) is 3. The highest BCUT2D eigenvalue weighted by molar-refractivity contribution is 5.95. The summed E-state index contributed by atoms with van der Waals surface area (Å²) in [4.78, 5) is 23.0. The number of nitrogens with one attached hydrogen (secondary N) is 2. The van der Waals surface area contributed by atoms with Crippen molar-refractivity contribution < 1.29 is 14.0 Å². The Balaban J connectivity index is 2.48. The van der Waals surface area contributed by atoms with Crippen LogP contribution >= 0.6 is 0 Å². The molecule has 1 unspecified atom stereocenters. The second kappa shape index (κ2) is 5.34. The predicted molar refractivity (Wildman–Crippen MR) is 58.9 cm³/mol. The van der Waals surface area contributed by atoms with Gasteiger partial charge >= 0.3 is 0 Å². The van der Waals surface area contributed by atoms with Crippen LogP contribution in [0.1, 0.15) is 31.3 Å². The fourth-order valence-electron chi connectivity index (χ4n) is 1.15. The van der Waals surface area contributed by atoms with E-state index in [1.807, 2.05) is 13.8 Å². The molecule has 16 heavy (non-hydrogen) atoms. The van der Waals surface area contributed by atoms with E-state index in [4.69, 9.17) is 4.42 Å². The van der Waals surface area contributed by atoms with Crippen LogP contribution in [0.2, 0.25) is 0 Å². The van der Waals surface area contributed by atoms with Crippen molar-refractivity contribution in [3.8, 4) is 0 Å². The van der Waals surface area contributed by atoms with E-state index in [1.165, 1.54) is 6.26 Å². The molecule has 0 bridgehead atoms. The normalized spacial score (nSPS) is 12.2. The fraction of sp³-hybridized carbons (Fsp3) is 0.455. The van der Waals surface area contributed by atoms with Crippen LogP contribution in [0.3, 0.4) is 0 Å².